The van der Waals surface area contributed by atoms with Crippen molar-refractivity contribution in [2.75, 3.05) is 7.11 Å². The molecule has 1 aliphatic heterocycles. The fourth-order valence-electron chi connectivity index (χ4n) is 5.07. The molecule has 38 heavy (non-hydrogen) atoms. The molecule has 1 aliphatic rings. The first-order chi connectivity index (χ1) is 18.6. The van der Waals surface area contributed by atoms with E-state index >= 15 is 0 Å². The first-order valence-electron chi connectivity index (χ1n) is 12.6. The molecule has 190 valence electrons. The van der Waals surface area contributed by atoms with E-state index in [1.165, 1.54) is 6.07 Å². The normalized spacial score (nSPS) is 15.1. The number of methoxy groups -OCH3 is 1. The minimum Gasteiger partial charge on any atom is -0.495 e. The van der Waals surface area contributed by atoms with Crippen LogP contribution in [0.15, 0.2) is 73.4 Å². The van der Waals surface area contributed by atoms with E-state index in [1.54, 1.807) is 31.9 Å². The number of fused-ring (bicyclic) bond motifs is 1. The molecule has 2 aromatic carbocycles. The molecule has 0 saturated carbocycles. The van der Waals surface area contributed by atoms with Gasteiger partial charge in [0.25, 0.3) is 0 Å². The Labute approximate surface area is 220 Å². The molecule has 0 radical (unpaired) electrons. The second kappa shape index (κ2) is 10.0. The predicted molar refractivity (Wildman–Crippen MR) is 145 cm³/mol. The quantitative estimate of drug-likeness (QED) is 0.279. The van der Waals surface area contributed by atoms with Gasteiger partial charge in [0, 0.05) is 36.6 Å². The number of aryl methyl sites for hydroxylation is 2. The number of halogens is 1. The van der Waals surface area contributed by atoms with Gasteiger partial charge in [0.2, 0.25) is 0 Å². The Bertz CT molecular complexity index is 1620. The van der Waals surface area contributed by atoms with Crippen molar-refractivity contribution >= 4 is 12.2 Å². The lowest BCUT2D eigenvalue weighted by atomic mass is 9.86. The molecule has 7 nitrogen and oxygen atoms in total. The van der Waals surface area contributed by atoms with Gasteiger partial charge in [0.1, 0.15) is 17.4 Å². The minimum absolute atomic E-state index is 0.0206. The smallest absolute Gasteiger partial charge is 0.174 e. The van der Waals surface area contributed by atoms with Gasteiger partial charge in [-0.25, -0.2) is 19.0 Å². The first-order valence-corrected chi connectivity index (χ1v) is 12.6. The van der Waals surface area contributed by atoms with E-state index in [0.29, 0.717) is 5.82 Å². The Morgan fingerprint density at radius 3 is 2.82 bits per heavy atom. The fourth-order valence-corrected chi connectivity index (χ4v) is 5.07. The second-order valence-corrected chi connectivity index (χ2v) is 9.41. The number of aromatic nitrogens is 6. The van der Waals surface area contributed by atoms with E-state index in [4.69, 9.17) is 14.8 Å². The summed E-state index contributed by atoms with van der Waals surface area (Å²) in [5.74, 6) is 2.05. The first kappa shape index (κ1) is 23.8. The van der Waals surface area contributed by atoms with Crippen LogP contribution in [-0.2, 0) is 6.54 Å². The highest BCUT2D eigenvalue weighted by Gasteiger charge is 2.28. The van der Waals surface area contributed by atoms with Crippen LogP contribution >= 0.6 is 0 Å². The summed E-state index contributed by atoms with van der Waals surface area (Å²) in [6.45, 7) is 2.76. The monoisotopic (exact) mass is 506 g/mol. The van der Waals surface area contributed by atoms with Crippen molar-refractivity contribution in [3.8, 4) is 22.6 Å². The number of hydrogen-bond donors (Lipinski definition) is 0. The third-order valence-corrected chi connectivity index (χ3v) is 6.87. The lowest BCUT2D eigenvalue weighted by Gasteiger charge is -2.24. The van der Waals surface area contributed by atoms with Gasteiger partial charge in [-0.15, -0.1) is 0 Å². The molecule has 0 saturated heterocycles. The average Bonchev–Trinajstić information content (AvgIpc) is 3.58. The molecular formula is C30H27FN6O. The van der Waals surface area contributed by atoms with E-state index in [0.717, 1.165) is 64.6 Å². The van der Waals surface area contributed by atoms with Gasteiger partial charge in [-0.05, 0) is 72.9 Å². The molecule has 0 bridgehead atoms. The highest BCUT2D eigenvalue weighted by Crippen LogP contribution is 2.38. The zero-order valence-corrected chi connectivity index (χ0v) is 21.3. The number of rotatable bonds is 6. The number of pyridine rings is 1. The summed E-state index contributed by atoms with van der Waals surface area (Å²) >= 11 is 0. The van der Waals surface area contributed by atoms with Gasteiger partial charge in [0.05, 0.1) is 24.8 Å². The zero-order valence-electron chi connectivity index (χ0n) is 21.3. The van der Waals surface area contributed by atoms with Crippen molar-refractivity contribution in [3.05, 3.63) is 108 Å². The van der Waals surface area contributed by atoms with Crippen LogP contribution in [0.3, 0.4) is 0 Å². The molecule has 0 N–H and O–H groups in total. The third-order valence-electron chi connectivity index (χ3n) is 6.87. The molecule has 6 rings (SSSR count). The minimum atomic E-state index is -0.266. The van der Waals surface area contributed by atoms with Gasteiger partial charge in [-0.1, -0.05) is 24.3 Å². The van der Waals surface area contributed by atoms with Crippen molar-refractivity contribution in [2.24, 2.45) is 0 Å². The van der Waals surface area contributed by atoms with Gasteiger partial charge in [-0.2, -0.15) is 5.10 Å². The van der Waals surface area contributed by atoms with Crippen LogP contribution in [0.5, 0.6) is 5.75 Å². The van der Waals surface area contributed by atoms with Crippen LogP contribution in [0, 0.1) is 12.7 Å². The van der Waals surface area contributed by atoms with Gasteiger partial charge < -0.3 is 9.30 Å². The summed E-state index contributed by atoms with van der Waals surface area (Å²) in [7, 11) is 1.66. The van der Waals surface area contributed by atoms with Crippen molar-refractivity contribution < 1.29 is 9.13 Å². The summed E-state index contributed by atoms with van der Waals surface area (Å²) in [6.07, 6.45) is 13.0. The Balaban J connectivity index is 1.31. The van der Waals surface area contributed by atoms with Crippen LogP contribution in [0.2, 0.25) is 0 Å². The summed E-state index contributed by atoms with van der Waals surface area (Å²) in [6, 6.07) is 14.8. The number of ether oxygens (including phenoxy) is 1. The number of hydrogen-bond acceptors (Lipinski definition) is 5. The molecule has 0 spiro atoms. The van der Waals surface area contributed by atoms with Crippen molar-refractivity contribution in [3.63, 3.8) is 0 Å². The van der Waals surface area contributed by atoms with E-state index in [1.807, 2.05) is 70.9 Å². The van der Waals surface area contributed by atoms with Crippen LogP contribution < -0.4 is 4.74 Å². The topological polar surface area (TPSA) is 70.7 Å². The van der Waals surface area contributed by atoms with Gasteiger partial charge in [0.15, 0.2) is 5.82 Å². The second-order valence-electron chi connectivity index (χ2n) is 9.41. The summed E-state index contributed by atoms with van der Waals surface area (Å²) in [5.41, 5.74) is 5.62. The van der Waals surface area contributed by atoms with Crippen LogP contribution in [0.1, 0.15) is 47.2 Å². The SMILES string of the molecule is COc1cc(C=Cc2nc3n(n2)CCCC3c2ccc(F)cc2-c2cccnc2)ccc1-n1cnc(C)c1. The average molecular weight is 507 g/mol. The van der Waals surface area contributed by atoms with Gasteiger partial charge in [-0.3, -0.25) is 4.98 Å². The van der Waals surface area contributed by atoms with E-state index in [-0.39, 0.29) is 11.7 Å². The standard InChI is InChI=1S/C30H27FN6O/c1-20-18-36(19-33-20)27-11-7-21(15-28(27)38-2)8-12-29-34-30-25(6-4-14-37(30)35-29)24-10-9-23(31)16-26(24)22-5-3-13-32-17-22/h3,5,7-13,15-19,25H,4,6,14H2,1-2H3. The maximum atomic E-state index is 14.3. The lowest BCUT2D eigenvalue weighted by molar-refractivity contribution is 0.413. The molecule has 3 aromatic heterocycles. The fraction of sp³-hybridized carbons (Fsp3) is 0.200. The Morgan fingerprint density at radius 1 is 1.11 bits per heavy atom. The van der Waals surface area contributed by atoms with Gasteiger partial charge >= 0.3 is 0 Å². The maximum Gasteiger partial charge on any atom is 0.174 e. The van der Waals surface area contributed by atoms with Crippen molar-refractivity contribution in [1.29, 1.82) is 0 Å². The summed E-state index contributed by atoms with van der Waals surface area (Å²) < 4.78 is 23.8. The van der Waals surface area contributed by atoms with E-state index in [2.05, 4.69) is 9.97 Å². The largest absolute Gasteiger partial charge is 0.495 e. The third kappa shape index (κ3) is 4.61. The molecular weight excluding hydrogens is 479 g/mol. The Morgan fingerprint density at radius 2 is 2.03 bits per heavy atom. The number of imidazole rings is 1. The van der Waals surface area contributed by atoms with Crippen LogP contribution in [0.4, 0.5) is 4.39 Å². The predicted octanol–water partition coefficient (Wildman–Crippen LogP) is 6.08. The Hall–Kier alpha value is -4.59. The summed E-state index contributed by atoms with van der Waals surface area (Å²) in [5, 5.41) is 4.76. The molecule has 1 unspecified atom stereocenters. The zero-order chi connectivity index (χ0) is 26.1. The molecule has 0 amide bonds. The van der Waals surface area contributed by atoms with Crippen molar-refractivity contribution in [1.82, 2.24) is 29.3 Å². The molecule has 4 heterocycles. The lowest BCUT2D eigenvalue weighted by Crippen LogP contribution is -2.18. The molecule has 8 heteroatoms. The molecule has 1 atom stereocenters. The van der Waals surface area contributed by atoms with Crippen LogP contribution in [-0.4, -0.2) is 36.4 Å². The highest BCUT2D eigenvalue weighted by atomic mass is 19.1. The van der Waals surface area contributed by atoms with E-state index < -0.39 is 0 Å². The number of nitrogens with zero attached hydrogens (tertiary/aromatic N) is 6. The van der Waals surface area contributed by atoms with Crippen molar-refractivity contribution in [2.45, 2.75) is 32.2 Å². The Kier molecular flexibility index (Phi) is 6.29. The van der Waals surface area contributed by atoms with Crippen LogP contribution in [0.25, 0.3) is 29.0 Å². The summed E-state index contributed by atoms with van der Waals surface area (Å²) in [4.78, 5) is 13.4. The molecule has 0 aliphatic carbocycles. The molecule has 0 fully saturated rings. The van der Waals surface area contributed by atoms with E-state index in [9.17, 15) is 4.39 Å². The highest BCUT2D eigenvalue weighted by molar-refractivity contribution is 5.70. The maximum absolute atomic E-state index is 14.3. The molecule has 5 aromatic rings. The number of benzene rings is 2.